The fourth-order valence-corrected chi connectivity index (χ4v) is 6.47. The van der Waals surface area contributed by atoms with Crippen molar-refractivity contribution in [2.45, 2.75) is 38.2 Å². The van der Waals surface area contributed by atoms with Crippen molar-refractivity contribution >= 4 is 11.6 Å². The summed E-state index contributed by atoms with van der Waals surface area (Å²) in [6.45, 7) is 6.85. The second-order valence-electron chi connectivity index (χ2n) is 11.7. The zero-order chi connectivity index (χ0) is 29.3. The molecule has 0 aromatic heterocycles. The molecule has 3 aliphatic heterocycles. The van der Waals surface area contributed by atoms with E-state index < -0.39 is 5.60 Å². The average molecular weight is 601 g/mol. The molecule has 6 heteroatoms. The van der Waals surface area contributed by atoms with Gasteiger partial charge >= 0.3 is 51.4 Å². The van der Waals surface area contributed by atoms with Gasteiger partial charge in [0, 0.05) is 41.3 Å². The molecule has 0 aliphatic carbocycles. The van der Waals surface area contributed by atoms with Crippen LogP contribution in [0.15, 0.2) is 84.9 Å². The third-order valence-corrected chi connectivity index (χ3v) is 8.79. The number of aliphatic hydroxyl groups is 1. The van der Waals surface area contributed by atoms with E-state index in [-0.39, 0.29) is 58.7 Å². The van der Waals surface area contributed by atoms with Crippen molar-refractivity contribution in [2.75, 3.05) is 33.7 Å². The molecular weight excluding hydrogens is 560 g/mol. The molecule has 3 aliphatic rings. The van der Waals surface area contributed by atoms with E-state index in [0.717, 1.165) is 77.7 Å². The number of nitrogens with one attached hydrogen (secondary N) is 1. The van der Waals surface area contributed by atoms with Gasteiger partial charge in [-0.2, -0.15) is 0 Å². The number of aryl methyl sites for hydroxylation is 2. The molecule has 0 amide bonds. The number of fused-ring (bicyclic) bond motifs is 7. The Morgan fingerprint density at radius 2 is 1.56 bits per heavy atom. The Balaban J connectivity index is 0.000000193. The van der Waals surface area contributed by atoms with Crippen molar-refractivity contribution in [2.24, 2.45) is 0 Å². The molecule has 0 bridgehead atoms. The van der Waals surface area contributed by atoms with E-state index in [1.54, 1.807) is 0 Å². The minimum Gasteiger partial charge on any atom is -1.00 e. The Hall–Kier alpha value is -2.26. The van der Waals surface area contributed by atoms with Gasteiger partial charge in [0.2, 0.25) is 0 Å². The molecule has 4 aromatic rings. The van der Waals surface area contributed by atoms with Gasteiger partial charge in [-0.1, -0.05) is 72.8 Å². The molecule has 7 rings (SSSR count). The maximum atomic E-state index is 11.6. The van der Waals surface area contributed by atoms with Gasteiger partial charge in [-0.05, 0) is 82.2 Å². The van der Waals surface area contributed by atoms with Crippen LogP contribution < -0.4 is 66.2 Å². The van der Waals surface area contributed by atoms with Crippen molar-refractivity contribution in [3.63, 3.8) is 0 Å². The Kier molecular flexibility index (Phi) is 10.3. The van der Waals surface area contributed by atoms with Crippen molar-refractivity contribution in [1.82, 2.24) is 10.2 Å². The van der Waals surface area contributed by atoms with Crippen LogP contribution in [0, 0.1) is 13.8 Å². The molecule has 4 aromatic carbocycles. The van der Waals surface area contributed by atoms with Crippen LogP contribution in [0.5, 0.6) is 23.0 Å². The number of benzene rings is 4. The molecule has 218 valence electrons. The van der Waals surface area contributed by atoms with Crippen LogP contribution in [-0.4, -0.2) is 43.7 Å². The number of piperidine rings is 1. The first kappa shape index (κ1) is 32.1. The number of para-hydroxylation sites is 4. The van der Waals surface area contributed by atoms with Crippen LogP contribution in [0.2, 0.25) is 0 Å². The maximum absolute atomic E-state index is 11.6. The van der Waals surface area contributed by atoms with Gasteiger partial charge < -0.3 is 26.2 Å². The Labute approximate surface area is 299 Å². The zero-order valence-corrected chi connectivity index (χ0v) is 29.1. The molecule has 0 spiro atoms. The van der Waals surface area contributed by atoms with Crippen molar-refractivity contribution in [1.29, 1.82) is 0 Å². The molecule has 3 heterocycles. The van der Waals surface area contributed by atoms with Gasteiger partial charge in [0.25, 0.3) is 0 Å². The minimum atomic E-state index is -0.859. The van der Waals surface area contributed by atoms with E-state index in [4.69, 9.17) is 9.47 Å². The van der Waals surface area contributed by atoms with Crippen LogP contribution in [-0.2, 0) is 5.60 Å². The summed E-state index contributed by atoms with van der Waals surface area (Å²) in [5, 5.41) is 14.8. The van der Waals surface area contributed by atoms with E-state index in [0.29, 0.717) is 0 Å². The average Bonchev–Trinajstić information content (AvgIpc) is 3.23. The quantitative estimate of drug-likeness (QED) is 0.332. The Bertz CT molecular complexity index is 1640. The molecular formula is C37H41KN2O3. The van der Waals surface area contributed by atoms with Gasteiger partial charge in [0.1, 0.15) is 28.6 Å². The zero-order valence-electron chi connectivity index (χ0n) is 27.0. The predicted molar refractivity (Wildman–Crippen MR) is 172 cm³/mol. The van der Waals surface area contributed by atoms with Crippen LogP contribution >= 0.6 is 0 Å². The minimum absolute atomic E-state index is 0. The number of hydrogen-bond acceptors (Lipinski definition) is 5. The number of rotatable bonds is 3. The maximum Gasteiger partial charge on any atom is 1.00 e. The summed E-state index contributed by atoms with van der Waals surface area (Å²) in [4.78, 5) is 2.29. The van der Waals surface area contributed by atoms with Gasteiger partial charge in [-0.3, -0.25) is 0 Å². The summed E-state index contributed by atoms with van der Waals surface area (Å²) in [5.41, 5.74) is 7.13. The van der Waals surface area contributed by atoms with E-state index in [1.807, 2.05) is 43.4 Å². The van der Waals surface area contributed by atoms with Crippen LogP contribution in [0.3, 0.4) is 0 Å². The number of nitrogens with zero attached hydrogens (tertiary/aromatic N) is 1. The van der Waals surface area contributed by atoms with Gasteiger partial charge in [0.15, 0.2) is 0 Å². The third-order valence-electron chi connectivity index (χ3n) is 8.79. The Morgan fingerprint density at radius 1 is 0.884 bits per heavy atom. The first-order chi connectivity index (χ1) is 20.4. The first-order valence-corrected chi connectivity index (χ1v) is 14.9. The summed E-state index contributed by atoms with van der Waals surface area (Å²) < 4.78 is 12.4. The van der Waals surface area contributed by atoms with Crippen molar-refractivity contribution in [3.05, 3.63) is 118 Å². The van der Waals surface area contributed by atoms with Gasteiger partial charge in [-0.15, -0.1) is 0 Å². The smallest absolute Gasteiger partial charge is 1.00 e. The summed E-state index contributed by atoms with van der Waals surface area (Å²) >= 11 is 0. The largest absolute Gasteiger partial charge is 1.00 e. The number of hydrogen-bond donors (Lipinski definition) is 2. The molecule has 0 radical (unpaired) electrons. The number of likely N-dealkylation sites (tertiary alicyclic amines) is 1. The van der Waals surface area contributed by atoms with E-state index in [9.17, 15) is 5.11 Å². The van der Waals surface area contributed by atoms with Crippen LogP contribution in [0.4, 0.5) is 0 Å². The first-order valence-electron chi connectivity index (χ1n) is 14.9. The summed E-state index contributed by atoms with van der Waals surface area (Å²) in [5.74, 6) is 3.64. The summed E-state index contributed by atoms with van der Waals surface area (Å²) in [6, 6.07) is 28.7. The molecule has 0 saturated carbocycles. The van der Waals surface area contributed by atoms with Gasteiger partial charge in [-0.25, -0.2) is 0 Å². The molecule has 43 heavy (non-hydrogen) atoms. The van der Waals surface area contributed by atoms with Crippen molar-refractivity contribution < 1.29 is 67.4 Å². The number of likely N-dealkylation sites (N-methyl/N-ethyl adjacent to an activating group) is 1. The van der Waals surface area contributed by atoms with Gasteiger partial charge in [0.05, 0.1) is 0 Å². The standard InChI is InChI=1S/C19H21NO2.C18H19NO.K.H/c1-13-6-5-7-14-16-12-20(2)11-10-19(16,21)15-8-3-4-9-17(15)22-18(13)14;1-13-6-5-7-15-12-14(10-11-19-2)16-8-3-4-9-17(16)20-18(13)15;;/h3-9,16,21H,10-12H2,1-2H3;3-9,12,19H,10-11H2,1-2H3;;/q;;+1;-1. The van der Waals surface area contributed by atoms with Crippen molar-refractivity contribution in [3.8, 4) is 23.0 Å². The molecule has 1 fully saturated rings. The fourth-order valence-electron chi connectivity index (χ4n) is 6.47. The van der Waals surface area contributed by atoms with Crippen LogP contribution in [0.25, 0.3) is 11.6 Å². The van der Waals surface area contributed by atoms with E-state index in [1.165, 1.54) is 16.7 Å². The van der Waals surface area contributed by atoms with Crippen LogP contribution in [0.1, 0.15) is 53.6 Å². The molecule has 2 unspecified atom stereocenters. The second-order valence-corrected chi connectivity index (χ2v) is 11.7. The fraction of sp³-hybridized carbons (Fsp3) is 0.297. The Morgan fingerprint density at radius 3 is 2.35 bits per heavy atom. The molecule has 5 nitrogen and oxygen atoms in total. The normalized spacial score (nSPS) is 19.8. The molecule has 2 N–H and O–H groups in total. The molecule has 1 saturated heterocycles. The monoisotopic (exact) mass is 600 g/mol. The van der Waals surface area contributed by atoms with E-state index >= 15 is 0 Å². The number of ether oxygens (including phenoxy) is 2. The summed E-state index contributed by atoms with van der Waals surface area (Å²) in [7, 11) is 4.10. The summed E-state index contributed by atoms with van der Waals surface area (Å²) in [6.07, 6.45) is 3.97. The SMILES string of the molecule is CNCCC1=Cc2cccc(C)c2Oc2ccccc21.Cc1cccc2c1Oc1ccccc1C1(O)CCN(C)CC21.[H-].[K+]. The third kappa shape index (κ3) is 6.44. The predicted octanol–water partition coefficient (Wildman–Crippen LogP) is 4.77. The second kappa shape index (κ2) is 13.8. The van der Waals surface area contributed by atoms with E-state index in [2.05, 4.69) is 85.7 Å². The topological polar surface area (TPSA) is 54.0 Å². The molecule has 2 atom stereocenters.